The first-order valence-electron chi connectivity index (χ1n) is 9.25. The highest BCUT2D eigenvalue weighted by atomic mass is 32.2. The molecule has 0 atom stereocenters. The summed E-state index contributed by atoms with van der Waals surface area (Å²) in [5, 5.41) is 9.49. The molecule has 2 aromatic heterocycles. The predicted octanol–water partition coefficient (Wildman–Crippen LogP) is 3.44. The van der Waals surface area contributed by atoms with E-state index in [1.807, 2.05) is 37.3 Å². The van der Waals surface area contributed by atoms with Gasteiger partial charge in [-0.3, -0.25) is 0 Å². The fourth-order valence-electron chi connectivity index (χ4n) is 3.32. The first-order chi connectivity index (χ1) is 14.2. The van der Waals surface area contributed by atoms with E-state index in [1.165, 1.54) is 6.07 Å². The van der Waals surface area contributed by atoms with Gasteiger partial charge in [-0.05, 0) is 55.0 Å². The number of nitrogens with two attached hydrogens (primary N) is 1. The molecule has 154 valence electrons. The Balaban J connectivity index is 1.62. The van der Waals surface area contributed by atoms with Crippen molar-refractivity contribution in [3.63, 3.8) is 0 Å². The molecule has 0 fully saturated rings. The lowest BCUT2D eigenvalue weighted by molar-refractivity contribution is 0.597. The largest absolute Gasteiger partial charge is 0.351 e. The third-order valence-corrected chi connectivity index (χ3v) is 6.04. The van der Waals surface area contributed by atoms with Gasteiger partial charge in [-0.15, -0.1) is 0 Å². The van der Waals surface area contributed by atoms with Crippen LogP contribution in [0.2, 0.25) is 0 Å². The molecule has 0 saturated heterocycles. The van der Waals surface area contributed by atoms with Gasteiger partial charge < -0.3 is 14.8 Å². The predicted molar refractivity (Wildman–Crippen MR) is 119 cm³/mol. The SMILES string of the molecule is Cc1ccc(Nc2nccc(N(C)c3ccc4c(ccn4C)c3)n2)cc1S(N)(=O)=O. The first kappa shape index (κ1) is 19.9. The van der Waals surface area contributed by atoms with Crippen LogP contribution in [0.4, 0.5) is 23.1 Å². The maximum Gasteiger partial charge on any atom is 0.238 e. The van der Waals surface area contributed by atoms with E-state index in [4.69, 9.17) is 5.14 Å². The van der Waals surface area contributed by atoms with Gasteiger partial charge in [0.1, 0.15) is 5.82 Å². The van der Waals surface area contributed by atoms with E-state index in [1.54, 1.807) is 25.3 Å². The normalized spacial score (nSPS) is 11.6. The smallest absolute Gasteiger partial charge is 0.238 e. The second-order valence-electron chi connectivity index (χ2n) is 7.12. The van der Waals surface area contributed by atoms with Crippen LogP contribution in [0.1, 0.15) is 5.56 Å². The summed E-state index contributed by atoms with van der Waals surface area (Å²) >= 11 is 0. The Kier molecular flexibility index (Phi) is 4.92. The summed E-state index contributed by atoms with van der Waals surface area (Å²) in [6, 6.07) is 15.0. The van der Waals surface area contributed by atoms with Crippen LogP contribution in [0.3, 0.4) is 0 Å². The van der Waals surface area contributed by atoms with Crippen molar-refractivity contribution in [2.24, 2.45) is 12.2 Å². The highest BCUT2D eigenvalue weighted by Gasteiger charge is 2.13. The Morgan fingerprint density at radius 3 is 2.67 bits per heavy atom. The number of aryl methyl sites for hydroxylation is 2. The molecule has 8 nitrogen and oxygen atoms in total. The topological polar surface area (TPSA) is 106 Å². The molecule has 2 heterocycles. The van der Waals surface area contributed by atoms with Crippen LogP contribution in [0.15, 0.2) is 65.8 Å². The number of primary sulfonamides is 1. The number of rotatable bonds is 5. The van der Waals surface area contributed by atoms with E-state index in [9.17, 15) is 8.42 Å². The maximum atomic E-state index is 11.8. The molecule has 4 aromatic rings. The minimum atomic E-state index is -3.81. The van der Waals surface area contributed by atoms with Gasteiger partial charge >= 0.3 is 0 Å². The number of hydrogen-bond acceptors (Lipinski definition) is 6. The molecule has 0 aliphatic carbocycles. The number of benzene rings is 2. The van der Waals surface area contributed by atoms with E-state index < -0.39 is 10.0 Å². The summed E-state index contributed by atoms with van der Waals surface area (Å²) in [5.41, 5.74) is 3.26. The summed E-state index contributed by atoms with van der Waals surface area (Å²) in [6.45, 7) is 1.69. The molecular weight excluding hydrogens is 400 g/mol. The van der Waals surface area contributed by atoms with Gasteiger partial charge in [-0.2, -0.15) is 4.98 Å². The van der Waals surface area contributed by atoms with Gasteiger partial charge in [0.05, 0.1) is 4.90 Å². The summed E-state index contributed by atoms with van der Waals surface area (Å²) in [6.07, 6.45) is 3.68. The molecule has 9 heteroatoms. The van der Waals surface area contributed by atoms with E-state index in [-0.39, 0.29) is 4.90 Å². The first-order valence-corrected chi connectivity index (χ1v) is 10.8. The molecule has 0 amide bonds. The van der Waals surface area contributed by atoms with Gasteiger partial charge in [-0.25, -0.2) is 18.5 Å². The fraction of sp³-hybridized carbons (Fsp3) is 0.143. The highest BCUT2D eigenvalue weighted by molar-refractivity contribution is 7.89. The Morgan fingerprint density at radius 1 is 1.10 bits per heavy atom. The molecule has 3 N–H and O–H groups in total. The third-order valence-electron chi connectivity index (χ3n) is 4.99. The number of sulfonamides is 1. The van der Waals surface area contributed by atoms with Crippen molar-refractivity contribution in [1.29, 1.82) is 0 Å². The number of aromatic nitrogens is 3. The third kappa shape index (κ3) is 3.85. The molecule has 0 spiro atoms. The van der Waals surface area contributed by atoms with E-state index in [0.717, 1.165) is 16.6 Å². The number of nitrogens with one attached hydrogen (secondary N) is 1. The average molecular weight is 423 g/mol. The second kappa shape index (κ2) is 7.43. The van der Waals surface area contributed by atoms with E-state index >= 15 is 0 Å². The minimum absolute atomic E-state index is 0.0666. The Morgan fingerprint density at radius 2 is 1.90 bits per heavy atom. The van der Waals surface area contributed by atoms with Crippen LogP contribution < -0.4 is 15.4 Å². The number of anilines is 4. The summed E-state index contributed by atoms with van der Waals surface area (Å²) in [7, 11) is 0.133. The van der Waals surface area contributed by atoms with Crippen molar-refractivity contribution in [2.45, 2.75) is 11.8 Å². The fourth-order valence-corrected chi connectivity index (χ4v) is 4.13. The molecular formula is C21H22N6O2S. The lowest BCUT2D eigenvalue weighted by Gasteiger charge is -2.19. The summed E-state index contributed by atoms with van der Waals surface area (Å²) in [5.74, 6) is 1.05. The van der Waals surface area contributed by atoms with Gasteiger partial charge in [0, 0.05) is 48.8 Å². The Labute approximate surface area is 175 Å². The zero-order valence-corrected chi connectivity index (χ0v) is 17.7. The molecule has 2 aromatic carbocycles. The van der Waals surface area contributed by atoms with E-state index in [0.29, 0.717) is 23.0 Å². The van der Waals surface area contributed by atoms with Crippen LogP contribution in [0.25, 0.3) is 10.9 Å². The summed E-state index contributed by atoms with van der Waals surface area (Å²) < 4.78 is 25.6. The maximum absolute atomic E-state index is 11.8. The standard InChI is InChI=1S/C21H22N6O2S/c1-14-4-5-16(13-19(14)30(22,28)29)24-21-23-10-8-20(25-21)27(3)17-6-7-18-15(12-17)9-11-26(18)2/h4-13H,1-3H3,(H2,22,28,29)(H,23,24,25). The lowest BCUT2D eigenvalue weighted by atomic mass is 10.2. The Hall–Kier alpha value is -3.43. The number of hydrogen-bond donors (Lipinski definition) is 2. The lowest BCUT2D eigenvalue weighted by Crippen LogP contribution is -2.14. The van der Waals surface area contributed by atoms with Crippen LogP contribution in [-0.4, -0.2) is 30.0 Å². The molecule has 0 aliphatic heterocycles. The monoisotopic (exact) mass is 422 g/mol. The van der Waals surface area contributed by atoms with Crippen molar-refractivity contribution >= 4 is 44.1 Å². The average Bonchev–Trinajstić information content (AvgIpc) is 3.08. The van der Waals surface area contributed by atoms with E-state index in [2.05, 4.69) is 38.1 Å². The number of fused-ring (bicyclic) bond motifs is 1. The van der Waals surface area contributed by atoms with Gasteiger partial charge in [0.25, 0.3) is 0 Å². The zero-order valence-electron chi connectivity index (χ0n) is 16.9. The quantitative estimate of drug-likeness (QED) is 0.510. The van der Waals surface area contributed by atoms with Crippen LogP contribution in [0, 0.1) is 6.92 Å². The molecule has 0 unspecified atom stereocenters. The van der Waals surface area contributed by atoms with Crippen molar-refractivity contribution in [3.05, 3.63) is 66.5 Å². The van der Waals surface area contributed by atoms with Crippen LogP contribution >= 0.6 is 0 Å². The molecule has 30 heavy (non-hydrogen) atoms. The van der Waals surface area contributed by atoms with Gasteiger partial charge in [0.15, 0.2) is 0 Å². The summed E-state index contributed by atoms with van der Waals surface area (Å²) in [4.78, 5) is 10.8. The molecule has 0 bridgehead atoms. The Bertz CT molecular complexity index is 1350. The van der Waals surface area contributed by atoms with Gasteiger partial charge in [0.2, 0.25) is 16.0 Å². The molecule has 0 radical (unpaired) electrons. The van der Waals surface area contributed by atoms with Gasteiger partial charge in [-0.1, -0.05) is 6.07 Å². The van der Waals surface area contributed by atoms with Crippen molar-refractivity contribution in [3.8, 4) is 0 Å². The molecule has 4 rings (SSSR count). The zero-order chi connectivity index (χ0) is 21.5. The van der Waals surface area contributed by atoms with Crippen molar-refractivity contribution in [1.82, 2.24) is 14.5 Å². The highest BCUT2D eigenvalue weighted by Crippen LogP contribution is 2.27. The van der Waals surface area contributed by atoms with Crippen molar-refractivity contribution < 1.29 is 8.42 Å². The number of nitrogens with zero attached hydrogens (tertiary/aromatic N) is 4. The van der Waals surface area contributed by atoms with Crippen LogP contribution in [0.5, 0.6) is 0 Å². The second-order valence-corrected chi connectivity index (χ2v) is 8.65. The molecule has 0 aliphatic rings. The van der Waals surface area contributed by atoms with Crippen LogP contribution in [-0.2, 0) is 17.1 Å². The minimum Gasteiger partial charge on any atom is -0.351 e. The van der Waals surface area contributed by atoms with Crippen molar-refractivity contribution in [2.75, 3.05) is 17.3 Å². The molecule has 0 saturated carbocycles.